The molecule has 2 amide bonds. The van der Waals surface area contributed by atoms with E-state index in [0.717, 1.165) is 37.8 Å². The van der Waals surface area contributed by atoms with Crippen LogP contribution in [0.15, 0.2) is 35.7 Å². The number of hydrogen-bond acceptors (Lipinski definition) is 4. The van der Waals surface area contributed by atoms with Crippen LogP contribution in [0.3, 0.4) is 0 Å². The molecular weight excluding hydrogens is 437 g/mol. The van der Waals surface area contributed by atoms with Crippen molar-refractivity contribution in [2.75, 3.05) is 39.3 Å². The van der Waals surface area contributed by atoms with Crippen molar-refractivity contribution in [3.8, 4) is 0 Å². The topological polar surface area (TPSA) is 43.9 Å². The summed E-state index contributed by atoms with van der Waals surface area (Å²) in [5.41, 5.74) is 2.18. The Bertz CT molecular complexity index is 955. The zero-order valence-corrected chi connectivity index (χ0v) is 20.3. The predicted molar refractivity (Wildman–Crippen MR) is 130 cm³/mol. The normalized spacial score (nSPS) is 18.9. The van der Waals surface area contributed by atoms with Crippen LogP contribution in [0, 0.1) is 5.82 Å². The Morgan fingerprint density at radius 3 is 2.42 bits per heavy atom. The van der Waals surface area contributed by atoms with Crippen molar-refractivity contribution in [3.05, 3.63) is 57.5 Å². The van der Waals surface area contributed by atoms with Crippen molar-refractivity contribution >= 4 is 23.2 Å². The number of thiophene rings is 1. The van der Waals surface area contributed by atoms with Gasteiger partial charge in [0, 0.05) is 57.0 Å². The molecule has 2 aromatic rings. The summed E-state index contributed by atoms with van der Waals surface area (Å²) in [4.78, 5) is 32.8. The van der Waals surface area contributed by atoms with E-state index in [4.69, 9.17) is 0 Å². The Morgan fingerprint density at radius 1 is 1.00 bits per heavy atom. The number of halogens is 1. The molecule has 3 heterocycles. The number of carbonyl (C=O) groups is 2. The van der Waals surface area contributed by atoms with E-state index < -0.39 is 0 Å². The maximum Gasteiger partial charge on any atom is 0.223 e. The molecule has 1 aromatic heterocycles. The van der Waals surface area contributed by atoms with Crippen molar-refractivity contribution in [1.29, 1.82) is 0 Å². The van der Waals surface area contributed by atoms with Crippen LogP contribution in [0.25, 0.3) is 0 Å². The second-order valence-electron chi connectivity index (χ2n) is 9.01. The van der Waals surface area contributed by atoms with E-state index >= 15 is 0 Å². The van der Waals surface area contributed by atoms with Gasteiger partial charge < -0.3 is 9.80 Å². The quantitative estimate of drug-likeness (QED) is 0.534. The summed E-state index contributed by atoms with van der Waals surface area (Å²) in [5, 5.41) is 2.11. The van der Waals surface area contributed by atoms with Gasteiger partial charge >= 0.3 is 0 Å². The van der Waals surface area contributed by atoms with Gasteiger partial charge in [-0.05, 0) is 47.5 Å². The van der Waals surface area contributed by atoms with Crippen molar-refractivity contribution < 1.29 is 14.0 Å². The van der Waals surface area contributed by atoms with Crippen LogP contribution >= 0.6 is 11.3 Å². The number of unbranched alkanes of at least 4 members (excludes halogenated alkanes) is 2. The highest BCUT2D eigenvalue weighted by molar-refractivity contribution is 7.10. The SMILES string of the molecule is CCCCCC(=O)N1CCN(C(=O)CCN2CCc3sccc3C2c2cccc(F)c2)CC1. The van der Waals surface area contributed by atoms with Gasteiger partial charge in [0.25, 0.3) is 0 Å². The molecule has 7 heteroatoms. The van der Waals surface area contributed by atoms with Crippen LogP contribution in [-0.4, -0.2) is 65.8 Å². The monoisotopic (exact) mass is 471 g/mol. The number of fused-ring (bicyclic) bond motifs is 1. The Kier molecular flexibility index (Phi) is 8.15. The van der Waals surface area contributed by atoms with Crippen molar-refractivity contribution in [1.82, 2.24) is 14.7 Å². The molecule has 2 aliphatic rings. The summed E-state index contributed by atoms with van der Waals surface area (Å²) in [6.07, 6.45) is 5.16. The van der Waals surface area contributed by atoms with E-state index in [1.807, 2.05) is 15.9 Å². The second kappa shape index (κ2) is 11.3. The Balaban J connectivity index is 1.33. The molecule has 1 atom stereocenters. The van der Waals surface area contributed by atoms with E-state index in [-0.39, 0.29) is 23.7 Å². The summed E-state index contributed by atoms with van der Waals surface area (Å²) in [7, 11) is 0. The molecule has 5 nitrogen and oxygen atoms in total. The zero-order valence-electron chi connectivity index (χ0n) is 19.5. The van der Waals surface area contributed by atoms with Crippen molar-refractivity contribution in [2.24, 2.45) is 0 Å². The Hall–Kier alpha value is -2.25. The molecule has 0 aliphatic carbocycles. The molecule has 2 aliphatic heterocycles. The molecule has 4 rings (SSSR count). The highest BCUT2D eigenvalue weighted by Gasteiger charge is 2.31. The number of piperazine rings is 1. The van der Waals surface area contributed by atoms with Gasteiger partial charge in [-0.1, -0.05) is 31.9 Å². The van der Waals surface area contributed by atoms with E-state index in [1.54, 1.807) is 23.5 Å². The van der Waals surface area contributed by atoms with Crippen molar-refractivity contribution in [3.63, 3.8) is 0 Å². The highest BCUT2D eigenvalue weighted by atomic mass is 32.1. The summed E-state index contributed by atoms with van der Waals surface area (Å²) in [5.74, 6) is 0.128. The number of amides is 2. The minimum Gasteiger partial charge on any atom is -0.339 e. The second-order valence-corrected chi connectivity index (χ2v) is 10.0. The highest BCUT2D eigenvalue weighted by Crippen LogP contribution is 2.37. The van der Waals surface area contributed by atoms with Crippen LogP contribution in [0.5, 0.6) is 0 Å². The molecule has 178 valence electrons. The number of rotatable bonds is 8. The van der Waals surface area contributed by atoms with Gasteiger partial charge in [-0.15, -0.1) is 11.3 Å². The van der Waals surface area contributed by atoms with E-state index in [2.05, 4.69) is 23.3 Å². The summed E-state index contributed by atoms with van der Waals surface area (Å²) >= 11 is 1.76. The van der Waals surface area contributed by atoms with Crippen LogP contribution in [-0.2, 0) is 16.0 Å². The molecule has 33 heavy (non-hydrogen) atoms. The van der Waals surface area contributed by atoms with E-state index in [0.29, 0.717) is 45.6 Å². The standard InChI is InChI=1S/C26H34FN3O2S/c1-2-3-4-8-24(31)28-14-16-29(17-15-28)25(32)10-13-30-12-9-23-22(11-18-33-23)26(30)20-6-5-7-21(27)19-20/h5-7,11,18-19,26H,2-4,8-10,12-17H2,1H3. The van der Waals surface area contributed by atoms with Gasteiger partial charge in [-0.2, -0.15) is 0 Å². The number of carbonyl (C=O) groups excluding carboxylic acids is 2. The summed E-state index contributed by atoms with van der Waals surface area (Å²) in [6.45, 7) is 6.13. The number of hydrogen-bond donors (Lipinski definition) is 0. The van der Waals surface area contributed by atoms with Gasteiger partial charge in [0.15, 0.2) is 0 Å². The molecule has 1 unspecified atom stereocenters. The minimum atomic E-state index is -0.229. The van der Waals surface area contributed by atoms with Crippen LogP contribution in [0.1, 0.15) is 61.1 Å². The van der Waals surface area contributed by atoms with Crippen LogP contribution in [0.2, 0.25) is 0 Å². The molecule has 0 N–H and O–H groups in total. The smallest absolute Gasteiger partial charge is 0.223 e. The van der Waals surface area contributed by atoms with E-state index in [1.165, 1.54) is 16.5 Å². The minimum absolute atomic E-state index is 0.0129. The molecule has 0 bridgehead atoms. The third kappa shape index (κ3) is 5.82. The predicted octanol–water partition coefficient (Wildman–Crippen LogP) is 4.48. The molecule has 0 saturated carbocycles. The Labute approximate surface area is 200 Å². The lowest BCUT2D eigenvalue weighted by molar-refractivity contribution is -0.139. The van der Waals surface area contributed by atoms with Crippen LogP contribution < -0.4 is 0 Å². The lowest BCUT2D eigenvalue weighted by atomic mass is 9.93. The largest absolute Gasteiger partial charge is 0.339 e. The fourth-order valence-electron chi connectivity index (χ4n) is 4.96. The molecule has 1 aromatic carbocycles. The first kappa shape index (κ1) is 23.9. The first-order valence-electron chi connectivity index (χ1n) is 12.2. The van der Waals surface area contributed by atoms with Crippen molar-refractivity contribution in [2.45, 2.75) is 51.5 Å². The van der Waals surface area contributed by atoms with Gasteiger partial charge in [0.05, 0.1) is 6.04 Å². The summed E-state index contributed by atoms with van der Waals surface area (Å²) in [6, 6.07) is 8.96. The summed E-state index contributed by atoms with van der Waals surface area (Å²) < 4.78 is 14.0. The van der Waals surface area contributed by atoms with Gasteiger partial charge in [0.2, 0.25) is 11.8 Å². The molecule has 0 radical (unpaired) electrons. The fraction of sp³-hybridized carbons (Fsp3) is 0.538. The average Bonchev–Trinajstić information content (AvgIpc) is 3.31. The fourth-order valence-corrected chi connectivity index (χ4v) is 5.87. The first-order chi connectivity index (χ1) is 16.1. The maximum absolute atomic E-state index is 14.0. The number of nitrogens with zero attached hydrogens (tertiary/aromatic N) is 3. The lowest BCUT2D eigenvalue weighted by Gasteiger charge is -2.38. The van der Waals surface area contributed by atoms with Gasteiger partial charge in [-0.3, -0.25) is 14.5 Å². The molecule has 1 fully saturated rings. The average molecular weight is 472 g/mol. The van der Waals surface area contributed by atoms with E-state index in [9.17, 15) is 14.0 Å². The third-order valence-corrected chi connectivity index (χ3v) is 7.82. The van der Waals surface area contributed by atoms with Crippen LogP contribution in [0.4, 0.5) is 4.39 Å². The third-order valence-electron chi connectivity index (χ3n) is 6.82. The lowest BCUT2D eigenvalue weighted by Crippen LogP contribution is -2.51. The maximum atomic E-state index is 14.0. The molecule has 1 saturated heterocycles. The zero-order chi connectivity index (χ0) is 23.2. The molecular formula is C26H34FN3O2S. The molecule has 0 spiro atoms. The number of benzene rings is 1. The van der Waals surface area contributed by atoms with Gasteiger partial charge in [0.1, 0.15) is 5.82 Å². The Morgan fingerprint density at radius 2 is 1.73 bits per heavy atom. The van der Waals surface area contributed by atoms with Gasteiger partial charge in [-0.25, -0.2) is 4.39 Å². The first-order valence-corrected chi connectivity index (χ1v) is 13.1.